The Morgan fingerprint density at radius 2 is 2.17 bits per heavy atom. The number of thiazole rings is 1. The Labute approximate surface area is 144 Å². The summed E-state index contributed by atoms with van der Waals surface area (Å²) in [5, 5.41) is 5.37. The second kappa shape index (κ2) is 8.12. The van der Waals surface area contributed by atoms with Crippen LogP contribution in [-0.2, 0) is 11.3 Å². The molecule has 6 nitrogen and oxygen atoms in total. The number of nitrogens with zero attached hydrogens (tertiary/aromatic N) is 1. The average Bonchev–Trinajstić information content (AvgIpc) is 3.30. The number of hydrogen-bond donors (Lipinski definition) is 1. The number of methoxy groups -OCH3 is 1. The first kappa shape index (κ1) is 16.7. The molecule has 1 aromatic heterocycles. The van der Waals surface area contributed by atoms with Crippen LogP contribution in [0.15, 0.2) is 29.6 Å². The van der Waals surface area contributed by atoms with E-state index in [1.54, 1.807) is 12.5 Å². The van der Waals surface area contributed by atoms with Crippen LogP contribution < -0.4 is 14.8 Å². The highest BCUT2D eigenvalue weighted by atomic mass is 32.1. The lowest BCUT2D eigenvalue weighted by Gasteiger charge is -2.09. The third kappa shape index (κ3) is 4.46. The van der Waals surface area contributed by atoms with Crippen molar-refractivity contribution in [2.24, 2.45) is 0 Å². The van der Waals surface area contributed by atoms with Gasteiger partial charge < -0.3 is 19.5 Å². The Kier molecular flexibility index (Phi) is 5.66. The maximum atomic E-state index is 12.1. The maximum Gasteiger partial charge on any atom is 0.270 e. The molecule has 1 aliphatic rings. The lowest BCUT2D eigenvalue weighted by molar-refractivity contribution is 0.0854. The van der Waals surface area contributed by atoms with Gasteiger partial charge in [0.05, 0.1) is 13.2 Å². The van der Waals surface area contributed by atoms with E-state index in [1.165, 1.54) is 11.3 Å². The third-order valence-corrected chi connectivity index (χ3v) is 4.54. The van der Waals surface area contributed by atoms with Gasteiger partial charge in [-0.05, 0) is 37.1 Å². The molecule has 0 saturated carbocycles. The molecule has 0 bridgehead atoms. The zero-order chi connectivity index (χ0) is 16.8. The number of rotatable bonds is 7. The number of amides is 1. The predicted octanol–water partition coefficient (Wildman–Crippen LogP) is 2.64. The fourth-order valence-corrected chi connectivity index (χ4v) is 3.09. The minimum Gasteiger partial charge on any atom is -0.497 e. The first-order valence-electron chi connectivity index (χ1n) is 7.85. The van der Waals surface area contributed by atoms with Gasteiger partial charge in [0.25, 0.3) is 5.91 Å². The number of aromatic nitrogens is 1. The molecule has 0 radical (unpaired) electrons. The molecule has 24 heavy (non-hydrogen) atoms. The van der Waals surface area contributed by atoms with E-state index in [2.05, 4.69) is 10.3 Å². The summed E-state index contributed by atoms with van der Waals surface area (Å²) >= 11 is 1.41. The van der Waals surface area contributed by atoms with Crippen LogP contribution in [0.25, 0.3) is 0 Å². The van der Waals surface area contributed by atoms with Crippen LogP contribution >= 0.6 is 11.3 Å². The van der Waals surface area contributed by atoms with Gasteiger partial charge in [-0.3, -0.25) is 4.79 Å². The molecule has 1 atom stereocenters. The number of benzene rings is 1. The molecule has 128 valence electrons. The van der Waals surface area contributed by atoms with E-state index in [-0.39, 0.29) is 12.0 Å². The van der Waals surface area contributed by atoms with Gasteiger partial charge in [0.15, 0.2) is 0 Å². The minimum atomic E-state index is -0.169. The smallest absolute Gasteiger partial charge is 0.270 e. The van der Waals surface area contributed by atoms with Crippen molar-refractivity contribution in [2.75, 3.05) is 20.3 Å². The Morgan fingerprint density at radius 3 is 2.88 bits per heavy atom. The van der Waals surface area contributed by atoms with Gasteiger partial charge in [-0.2, -0.15) is 0 Å². The van der Waals surface area contributed by atoms with Gasteiger partial charge in [0.2, 0.25) is 0 Å². The quantitative estimate of drug-likeness (QED) is 0.833. The fraction of sp³-hybridized carbons (Fsp3) is 0.412. The first-order valence-corrected chi connectivity index (χ1v) is 8.73. The van der Waals surface area contributed by atoms with Gasteiger partial charge in [0, 0.05) is 18.5 Å². The van der Waals surface area contributed by atoms with E-state index in [9.17, 15) is 4.79 Å². The van der Waals surface area contributed by atoms with E-state index in [1.807, 2.05) is 24.3 Å². The Hall–Kier alpha value is -2.12. The summed E-state index contributed by atoms with van der Waals surface area (Å²) in [7, 11) is 1.62. The molecule has 1 saturated heterocycles. The molecule has 1 unspecified atom stereocenters. The monoisotopic (exact) mass is 348 g/mol. The van der Waals surface area contributed by atoms with E-state index in [0.29, 0.717) is 18.8 Å². The summed E-state index contributed by atoms with van der Waals surface area (Å²) in [6, 6.07) is 7.34. The van der Waals surface area contributed by atoms with Crippen molar-refractivity contribution in [1.82, 2.24) is 10.3 Å². The van der Waals surface area contributed by atoms with Gasteiger partial charge >= 0.3 is 0 Å². The van der Waals surface area contributed by atoms with Crippen LogP contribution in [-0.4, -0.2) is 37.3 Å². The summed E-state index contributed by atoms with van der Waals surface area (Å²) in [4.78, 5) is 16.4. The zero-order valence-corrected chi connectivity index (χ0v) is 14.3. The van der Waals surface area contributed by atoms with Gasteiger partial charge in [0.1, 0.15) is 28.8 Å². The molecule has 0 spiro atoms. The van der Waals surface area contributed by atoms with Crippen LogP contribution in [0.4, 0.5) is 0 Å². The number of hydrogen-bond acceptors (Lipinski definition) is 6. The fourth-order valence-electron chi connectivity index (χ4n) is 2.40. The predicted molar refractivity (Wildman–Crippen MR) is 90.7 cm³/mol. The van der Waals surface area contributed by atoms with Crippen LogP contribution in [0.2, 0.25) is 0 Å². The van der Waals surface area contributed by atoms with Crippen molar-refractivity contribution < 1.29 is 19.0 Å². The van der Waals surface area contributed by atoms with Crippen LogP contribution in [0.3, 0.4) is 0 Å². The molecule has 1 amide bonds. The largest absolute Gasteiger partial charge is 0.497 e. The average molecular weight is 348 g/mol. The van der Waals surface area contributed by atoms with Gasteiger partial charge in [-0.25, -0.2) is 4.98 Å². The second-order valence-electron chi connectivity index (χ2n) is 5.44. The maximum absolute atomic E-state index is 12.1. The highest BCUT2D eigenvalue weighted by Crippen LogP contribution is 2.19. The van der Waals surface area contributed by atoms with Crippen LogP contribution in [0.1, 0.15) is 28.3 Å². The summed E-state index contributed by atoms with van der Waals surface area (Å²) in [5.74, 6) is 1.34. The second-order valence-corrected chi connectivity index (χ2v) is 6.38. The van der Waals surface area contributed by atoms with E-state index in [0.717, 1.165) is 36.0 Å². The summed E-state index contributed by atoms with van der Waals surface area (Å²) in [5.41, 5.74) is 0.423. The molecule has 7 heteroatoms. The van der Waals surface area contributed by atoms with E-state index >= 15 is 0 Å². The van der Waals surface area contributed by atoms with Crippen molar-refractivity contribution in [2.45, 2.75) is 25.6 Å². The molecular weight excluding hydrogens is 328 g/mol. The number of carbonyl (C=O) groups is 1. The first-order chi connectivity index (χ1) is 11.7. The summed E-state index contributed by atoms with van der Waals surface area (Å²) < 4.78 is 16.3. The number of nitrogens with one attached hydrogen (secondary N) is 1. The van der Waals surface area contributed by atoms with Crippen molar-refractivity contribution in [3.8, 4) is 11.5 Å². The normalized spacial score (nSPS) is 16.8. The Morgan fingerprint density at radius 1 is 1.38 bits per heavy atom. The Balaban J connectivity index is 1.48. The minimum absolute atomic E-state index is 0.130. The third-order valence-electron chi connectivity index (χ3n) is 3.72. The SMILES string of the molecule is COc1ccc(OCc2nc(C(=O)NCC3CCCO3)cs2)cc1. The van der Waals surface area contributed by atoms with Crippen LogP contribution in [0.5, 0.6) is 11.5 Å². The highest BCUT2D eigenvalue weighted by molar-refractivity contribution is 7.09. The molecule has 1 aliphatic heterocycles. The highest BCUT2D eigenvalue weighted by Gasteiger charge is 2.17. The summed E-state index contributed by atoms with van der Waals surface area (Å²) in [6.07, 6.45) is 2.19. The molecule has 3 rings (SSSR count). The molecule has 2 aromatic rings. The molecule has 1 N–H and O–H groups in total. The van der Waals surface area contributed by atoms with Crippen LogP contribution in [0, 0.1) is 0 Å². The lowest BCUT2D eigenvalue weighted by atomic mass is 10.2. The van der Waals surface area contributed by atoms with Crippen molar-refractivity contribution in [1.29, 1.82) is 0 Å². The molecular formula is C17H20N2O4S. The number of ether oxygens (including phenoxy) is 3. The molecule has 1 fully saturated rings. The molecule has 0 aliphatic carbocycles. The molecule has 1 aromatic carbocycles. The van der Waals surface area contributed by atoms with E-state index in [4.69, 9.17) is 14.2 Å². The Bertz CT molecular complexity index is 665. The lowest BCUT2D eigenvalue weighted by Crippen LogP contribution is -2.31. The van der Waals surface area contributed by atoms with Gasteiger partial charge in [-0.1, -0.05) is 0 Å². The number of carbonyl (C=O) groups excluding carboxylic acids is 1. The van der Waals surface area contributed by atoms with Crippen molar-refractivity contribution >= 4 is 17.2 Å². The van der Waals surface area contributed by atoms with Crippen molar-refractivity contribution in [3.05, 3.63) is 40.3 Å². The van der Waals surface area contributed by atoms with E-state index < -0.39 is 0 Å². The topological polar surface area (TPSA) is 69.7 Å². The zero-order valence-electron chi connectivity index (χ0n) is 13.5. The van der Waals surface area contributed by atoms with Crippen molar-refractivity contribution in [3.63, 3.8) is 0 Å². The standard InChI is InChI=1S/C17H20N2O4S/c1-21-12-4-6-13(7-5-12)23-10-16-19-15(11-24-16)17(20)18-9-14-3-2-8-22-14/h4-7,11,14H,2-3,8-10H2,1H3,(H,18,20). The molecule has 2 heterocycles. The van der Waals surface area contributed by atoms with Gasteiger partial charge in [-0.15, -0.1) is 11.3 Å². The summed E-state index contributed by atoms with van der Waals surface area (Å²) in [6.45, 7) is 1.65.